The predicted molar refractivity (Wildman–Crippen MR) is 81.8 cm³/mol. The molecule has 0 saturated carbocycles. The standard InChI is InChI=1S/2C7H5FNO2.CH4.2Y/c1-5-2-3-6(9(10)11)4-7(5)8;1-5-2-3-6(8)4-7(5)9(10)11;;;/h2*2-4H,1H2;1H4;;/q2*-1;;;. The van der Waals surface area contributed by atoms with E-state index in [0.29, 0.717) is 0 Å². The van der Waals surface area contributed by atoms with E-state index >= 15 is 0 Å². The molecule has 0 heterocycles. The molecule has 0 aromatic heterocycles. The number of nitrogens with zero attached hydrogens (tertiary/aromatic N) is 2. The minimum absolute atomic E-state index is 0. The average Bonchev–Trinajstić information content (AvgIpc) is 2.44. The maximum absolute atomic E-state index is 12.6. The van der Waals surface area contributed by atoms with E-state index in [1.165, 1.54) is 18.2 Å². The van der Waals surface area contributed by atoms with E-state index in [0.717, 1.165) is 18.2 Å². The Labute approximate surface area is 194 Å². The average molecular weight is 502 g/mol. The summed E-state index contributed by atoms with van der Waals surface area (Å²) in [6.07, 6.45) is 0. The normalized spacial score (nSPS) is 8.40. The molecule has 0 unspecified atom stereocenters. The number of nitro groups is 2. The van der Waals surface area contributed by atoms with E-state index in [1.807, 2.05) is 0 Å². The number of halogens is 2. The smallest absolute Gasteiger partial charge is 0.248 e. The van der Waals surface area contributed by atoms with Crippen LogP contribution in [0.3, 0.4) is 0 Å². The fourth-order valence-corrected chi connectivity index (χ4v) is 1.36. The Hall–Kier alpha value is -0.952. The van der Waals surface area contributed by atoms with E-state index < -0.39 is 21.5 Å². The van der Waals surface area contributed by atoms with Crippen LogP contribution < -0.4 is 0 Å². The molecule has 0 aliphatic rings. The molecule has 0 spiro atoms. The van der Waals surface area contributed by atoms with Crippen molar-refractivity contribution in [2.75, 3.05) is 0 Å². The van der Waals surface area contributed by atoms with Crippen LogP contribution in [0.15, 0.2) is 36.4 Å². The summed E-state index contributed by atoms with van der Waals surface area (Å²) in [7, 11) is 0. The molecule has 10 heteroatoms. The molecule has 0 atom stereocenters. The SMILES string of the molecule is C.[CH2-]c1ccc(F)cc1[N+](=O)[O-].[CH2-]c1ccc([N+](=O)[O-])cc1F.[Y].[Y]. The molecule has 0 saturated heterocycles. The molecule has 0 bridgehead atoms. The van der Waals surface area contributed by atoms with Crippen LogP contribution in [0.25, 0.3) is 0 Å². The summed E-state index contributed by atoms with van der Waals surface area (Å²) in [5.41, 5.74) is -0.160. The third kappa shape index (κ3) is 9.35. The van der Waals surface area contributed by atoms with Crippen molar-refractivity contribution < 1.29 is 84.0 Å². The molecule has 6 nitrogen and oxygen atoms in total. The zero-order valence-electron chi connectivity index (χ0n) is 12.3. The molecule has 2 aromatic carbocycles. The van der Waals surface area contributed by atoms with Gasteiger partial charge in [0.05, 0.1) is 4.92 Å². The van der Waals surface area contributed by atoms with Crippen molar-refractivity contribution in [1.82, 2.24) is 0 Å². The van der Waals surface area contributed by atoms with Gasteiger partial charge in [0.1, 0.15) is 5.82 Å². The molecular weight excluding hydrogens is 488 g/mol. The van der Waals surface area contributed by atoms with Crippen molar-refractivity contribution in [1.29, 1.82) is 0 Å². The molecule has 25 heavy (non-hydrogen) atoms. The summed E-state index contributed by atoms with van der Waals surface area (Å²) < 4.78 is 24.9. The number of rotatable bonds is 2. The maximum Gasteiger partial charge on any atom is 0.248 e. The molecule has 0 N–H and O–H groups in total. The molecule has 0 amide bonds. The Bertz CT molecular complexity index is 731. The monoisotopic (exact) mass is 502 g/mol. The summed E-state index contributed by atoms with van der Waals surface area (Å²) in [5.74, 6) is -1.27. The number of hydrogen-bond acceptors (Lipinski definition) is 4. The molecular formula is C15H14F2N2O4Y2-2. The first-order valence-electron chi connectivity index (χ1n) is 5.74. The van der Waals surface area contributed by atoms with Crippen molar-refractivity contribution in [3.05, 3.63) is 93.2 Å². The molecule has 2 rings (SSSR count). The Balaban J connectivity index is -0.000000346. The van der Waals surface area contributed by atoms with E-state index in [4.69, 9.17) is 0 Å². The van der Waals surface area contributed by atoms with Gasteiger partial charge in [-0.1, -0.05) is 13.5 Å². The Kier molecular flexibility index (Phi) is 15.3. The number of nitro benzene ring substituents is 2. The molecule has 2 radical (unpaired) electrons. The van der Waals surface area contributed by atoms with Crippen LogP contribution in [0.1, 0.15) is 18.6 Å². The van der Waals surface area contributed by atoms with Gasteiger partial charge in [0, 0.05) is 76.2 Å². The van der Waals surface area contributed by atoms with Crippen LogP contribution in [0, 0.1) is 45.7 Å². The van der Waals surface area contributed by atoms with Crippen LogP contribution in [0.4, 0.5) is 20.2 Å². The summed E-state index contributed by atoms with van der Waals surface area (Å²) in [5, 5.41) is 20.3. The van der Waals surface area contributed by atoms with Crippen LogP contribution in [0.2, 0.25) is 0 Å². The fourth-order valence-electron chi connectivity index (χ4n) is 1.36. The van der Waals surface area contributed by atoms with Gasteiger partial charge in [0.2, 0.25) is 5.69 Å². The minimum Gasteiger partial charge on any atom is -0.283 e. The fraction of sp³-hybridized carbons (Fsp3) is 0.0667. The van der Waals surface area contributed by atoms with E-state index in [1.54, 1.807) is 0 Å². The van der Waals surface area contributed by atoms with Gasteiger partial charge in [-0.15, -0.1) is 5.56 Å². The minimum atomic E-state index is -0.661. The largest absolute Gasteiger partial charge is 0.283 e. The van der Waals surface area contributed by atoms with Crippen molar-refractivity contribution in [2.45, 2.75) is 7.43 Å². The summed E-state index contributed by atoms with van der Waals surface area (Å²) in [6.45, 7) is 6.70. The van der Waals surface area contributed by atoms with Crippen LogP contribution in [0.5, 0.6) is 0 Å². The van der Waals surface area contributed by atoms with Gasteiger partial charge in [0.15, 0.2) is 5.69 Å². The Morgan fingerprint density at radius 3 is 1.76 bits per heavy atom. The van der Waals surface area contributed by atoms with Crippen molar-refractivity contribution >= 4 is 11.4 Å². The second-order valence-corrected chi connectivity index (χ2v) is 4.06. The van der Waals surface area contributed by atoms with Gasteiger partial charge in [-0.05, 0) is 18.2 Å². The third-order valence-electron chi connectivity index (χ3n) is 2.49. The van der Waals surface area contributed by atoms with Crippen LogP contribution >= 0.6 is 0 Å². The number of hydrogen-bond donors (Lipinski definition) is 0. The van der Waals surface area contributed by atoms with Crippen molar-refractivity contribution in [2.24, 2.45) is 0 Å². The second-order valence-electron chi connectivity index (χ2n) is 4.06. The van der Waals surface area contributed by atoms with Gasteiger partial charge in [-0.3, -0.25) is 24.6 Å². The quantitative estimate of drug-likeness (QED) is 0.345. The maximum atomic E-state index is 12.6. The first-order valence-corrected chi connectivity index (χ1v) is 5.74. The molecule has 130 valence electrons. The summed E-state index contributed by atoms with van der Waals surface area (Å²) in [4.78, 5) is 18.9. The van der Waals surface area contributed by atoms with Gasteiger partial charge >= 0.3 is 0 Å². The first-order chi connectivity index (χ1) is 10.2. The van der Waals surface area contributed by atoms with E-state index in [-0.39, 0.29) is 95.3 Å². The first kappa shape index (κ1) is 28.8. The van der Waals surface area contributed by atoms with Crippen LogP contribution in [-0.4, -0.2) is 9.85 Å². The topological polar surface area (TPSA) is 86.3 Å². The molecule has 0 aliphatic heterocycles. The zero-order chi connectivity index (χ0) is 16.9. The molecule has 0 aliphatic carbocycles. The van der Waals surface area contributed by atoms with Gasteiger partial charge in [0.25, 0.3) is 0 Å². The van der Waals surface area contributed by atoms with Crippen molar-refractivity contribution in [3.8, 4) is 0 Å². The van der Waals surface area contributed by atoms with E-state index in [9.17, 15) is 29.0 Å². The molecule has 2 aromatic rings. The van der Waals surface area contributed by atoms with Crippen molar-refractivity contribution in [3.63, 3.8) is 0 Å². The van der Waals surface area contributed by atoms with Gasteiger partial charge < -0.3 is 0 Å². The predicted octanol–water partition coefficient (Wildman–Crippen LogP) is 4.46. The summed E-state index contributed by atoms with van der Waals surface area (Å²) in [6, 6.07) is 6.59. The Morgan fingerprint density at radius 1 is 0.840 bits per heavy atom. The number of non-ortho nitro benzene ring substituents is 1. The van der Waals surface area contributed by atoms with Gasteiger partial charge in [-0.2, -0.15) is 31.5 Å². The summed E-state index contributed by atoms with van der Waals surface area (Å²) >= 11 is 0. The third-order valence-corrected chi connectivity index (χ3v) is 2.49. The Morgan fingerprint density at radius 2 is 1.36 bits per heavy atom. The van der Waals surface area contributed by atoms with Gasteiger partial charge in [-0.25, -0.2) is 4.39 Å². The van der Waals surface area contributed by atoms with Crippen LogP contribution in [-0.2, 0) is 65.4 Å². The number of benzene rings is 2. The van der Waals surface area contributed by atoms with E-state index in [2.05, 4.69) is 13.8 Å². The molecule has 0 fully saturated rings. The zero-order valence-corrected chi connectivity index (χ0v) is 18.0. The second kappa shape index (κ2) is 13.3.